The Balaban J connectivity index is 2.88. The van der Waals surface area contributed by atoms with Crippen molar-refractivity contribution in [3.05, 3.63) is 28.8 Å². The molecule has 1 N–H and O–H groups in total. The van der Waals surface area contributed by atoms with Gasteiger partial charge in [-0.25, -0.2) is 0 Å². The highest BCUT2D eigenvalue weighted by Gasteiger charge is 2.11. The fraction of sp³-hybridized carbons (Fsp3) is 0.400. The maximum absolute atomic E-state index is 11.9. The Morgan fingerprint density at radius 3 is 2.60 bits per heavy atom. The Kier molecular flexibility index (Phi) is 4.29. The molecular formula is C10H11ClF2O2. The monoisotopic (exact) mass is 236 g/mol. The first-order valence-electron chi connectivity index (χ1n) is 4.39. The summed E-state index contributed by atoms with van der Waals surface area (Å²) in [6, 6.07) is 4.49. The van der Waals surface area contributed by atoms with Gasteiger partial charge in [0.05, 0.1) is 5.02 Å². The van der Waals surface area contributed by atoms with Crippen LogP contribution >= 0.6 is 11.6 Å². The highest BCUT2D eigenvalue weighted by atomic mass is 35.5. The lowest BCUT2D eigenvalue weighted by atomic mass is 10.0. The molecule has 1 aromatic carbocycles. The predicted molar refractivity (Wildman–Crippen MR) is 53.6 cm³/mol. The number of hydrogen-bond donors (Lipinski definition) is 1. The number of aliphatic hydroxyl groups excluding tert-OH is 1. The van der Waals surface area contributed by atoms with E-state index < -0.39 is 6.61 Å². The molecule has 0 radical (unpaired) electrons. The van der Waals surface area contributed by atoms with Gasteiger partial charge in [0.25, 0.3) is 0 Å². The van der Waals surface area contributed by atoms with Gasteiger partial charge in [-0.15, -0.1) is 0 Å². The zero-order valence-electron chi connectivity index (χ0n) is 8.08. The molecule has 0 aliphatic heterocycles. The summed E-state index contributed by atoms with van der Waals surface area (Å²) < 4.78 is 28.0. The normalized spacial score (nSPS) is 12.9. The Bertz CT molecular complexity index is 331. The maximum Gasteiger partial charge on any atom is 0.387 e. The van der Waals surface area contributed by atoms with Gasteiger partial charge in [-0.05, 0) is 17.7 Å². The average molecular weight is 237 g/mol. The third-order valence-electron chi connectivity index (χ3n) is 2.01. The minimum absolute atomic E-state index is 0.0224. The second kappa shape index (κ2) is 5.28. The van der Waals surface area contributed by atoms with Gasteiger partial charge in [-0.3, -0.25) is 0 Å². The van der Waals surface area contributed by atoms with Crippen molar-refractivity contribution in [2.75, 3.05) is 6.61 Å². The maximum atomic E-state index is 11.9. The van der Waals surface area contributed by atoms with Crippen molar-refractivity contribution in [2.24, 2.45) is 0 Å². The molecule has 15 heavy (non-hydrogen) atoms. The lowest BCUT2D eigenvalue weighted by molar-refractivity contribution is -0.0498. The van der Waals surface area contributed by atoms with Crippen molar-refractivity contribution < 1.29 is 18.6 Å². The molecule has 0 fully saturated rings. The van der Waals surface area contributed by atoms with E-state index in [2.05, 4.69) is 4.74 Å². The van der Waals surface area contributed by atoms with Crippen molar-refractivity contribution in [3.8, 4) is 5.75 Å². The minimum atomic E-state index is -2.89. The van der Waals surface area contributed by atoms with Crippen LogP contribution < -0.4 is 4.74 Å². The molecule has 0 aliphatic rings. The number of rotatable bonds is 4. The fourth-order valence-corrected chi connectivity index (χ4v) is 1.35. The van der Waals surface area contributed by atoms with Crippen LogP contribution in [0.4, 0.5) is 8.78 Å². The van der Waals surface area contributed by atoms with Crippen LogP contribution in [0, 0.1) is 0 Å². The Labute approximate surface area is 91.4 Å². The minimum Gasteiger partial charge on any atom is -0.433 e. The summed E-state index contributed by atoms with van der Waals surface area (Å²) in [5.74, 6) is -0.136. The quantitative estimate of drug-likeness (QED) is 0.871. The highest BCUT2D eigenvalue weighted by molar-refractivity contribution is 6.32. The molecule has 1 unspecified atom stereocenters. The molecule has 1 rings (SSSR count). The molecular weight excluding hydrogens is 226 g/mol. The molecule has 84 valence electrons. The van der Waals surface area contributed by atoms with E-state index in [1.807, 2.05) is 0 Å². The summed E-state index contributed by atoms with van der Waals surface area (Å²) in [6.45, 7) is -1.10. The standard InChI is InChI=1S/C10H11ClF2O2/c1-6(5-14)7-2-3-9(8(11)4-7)15-10(12)13/h2-4,6,10,14H,5H2,1H3. The van der Waals surface area contributed by atoms with Crippen LogP contribution in [0.2, 0.25) is 5.02 Å². The SMILES string of the molecule is CC(CO)c1ccc(OC(F)F)c(Cl)c1. The van der Waals surface area contributed by atoms with Crippen molar-refractivity contribution in [1.82, 2.24) is 0 Å². The second-order valence-electron chi connectivity index (χ2n) is 3.15. The molecule has 0 saturated carbocycles. The fourth-order valence-electron chi connectivity index (χ4n) is 1.12. The molecule has 5 heteroatoms. The summed E-state index contributed by atoms with van der Waals surface area (Å²) in [4.78, 5) is 0. The van der Waals surface area contributed by atoms with Crippen molar-refractivity contribution in [1.29, 1.82) is 0 Å². The number of aliphatic hydroxyl groups is 1. The van der Waals surface area contributed by atoms with E-state index in [9.17, 15) is 8.78 Å². The van der Waals surface area contributed by atoms with Crippen molar-refractivity contribution >= 4 is 11.6 Å². The zero-order chi connectivity index (χ0) is 11.4. The summed E-state index contributed by atoms with van der Waals surface area (Å²) in [5.41, 5.74) is 0.782. The van der Waals surface area contributed by atoms with E-state index in [1.165, 1.54) is 12.1 Å². The first-order chi connectivity index (χ1) is 7.04. The molecule has 1 aromatic rings. The van der Waals surface area contributed by atoms with Crippen LogP contribution in [0.3, 0.4) is 0 Å². The van der Waals surface area contributed by atoms with Crippen LogP contribution in [0.5, 0.6) is 5.75 Å². The average Bonchev–Trinajstić information content (AvgIpc) is 2.19. The molecule has 0 spiro atoms. The third-order valence-corrected chi connectivity index (χ3v) is 2.31. The zero-order valence-corrected chi connectivity index (χ0v) is 8.84. The molecule has 0 heterocycles. The summed E-state index contributed by atoms with van der Waals surface area (Å²) >= 11 is 5.73. The van der Waals surface area contributed by atoms with Gasteiger partial charge in [-0.2, -0.15) is 8.78 Å². The van der Waals surface area contributed by atoms with Crippen molar-refractivity contribution in [3.63, 3.8) is 0 Å². The van der Waals surface area contributed by atoms with Gasteiger partial charge in [0.2, 0.25) is 0 Å². The highest BCUT2D eigenvalue weighted by Crippen LogP contribution is 2.29. The summed E-state index contributed by atoms with van der Waals surface area (Å²) in [5, 5.41) is 9.02. The summed E-state index contributed by atoms with van der Waals surface area (Å²) in [7, 11) is 0. The van der Waals surface area contributed by atoms with Crippen LogP contribution in [0.25, 0.3) is 0 Å². The Hall–Kier alpha value is -0.870. The van der Waals surface area contributed by atoms with Gasteiger partial charge >= 0.3 is 6.61 Å². The number of benzene rings is 1. The van der Waals surface area contributed by atoms with Gasteiger partial charge < -0.3 is 9.84 Å². The first kappa shape index (κ1) is 12.2. The molecule has 0 aliphatic carbocycles. The summed E-state index contributed by atoms with van der Waals surface area (Å²) in [6.07, 6.45) is 0. The number of ether oxygens (including phenoxy) is 1. The smallest absolute Gasteiger partial charge is 0.387 e. The van der Waals surface area contributed by atoms with Gasteiger partial charge in [0.1, 0.15) is 5.75 Å². The van der Waals surface area contributed by atoms with Gasteiger partial charge in [0.15, 0.2) is 0 Å². The second-order valence-corrected chi connectivity index (χ2v) is 3.56. The molecule has 0 saturated heterocycles. The van der Waals surface area contributed by atoms with E-state index in [1.54, 1.807) is 13.0 Å². The first-order valence-corrected chi connectivity index (χ1v) is 4.77. The Morgan fingerprint density at radius 1 is 1.47 bits per heavy atom. The molecule has 2 nitrogen and oxygen atoms in total. The van der Waals surface area contributed by atoms with Gasteiger partial charge in [0, 0.05) is 12.5 Å². The molecule has 0 amide bonds. The number of alkyl halides is 2. The molecule has 0 bridgehead atoms. The Morgan fingerprint density at radius 2 is 2.13 bits per heavy atom. The van der Waals surface area contributed by atoms with E-state index in [0.29, 0.717) is 0 Å². The lowest BCUT2D eigenvalue weighted by Gasteiger charge is -2.11. The lowest BCUT2D eigenvalue weighted by Crippen LogP contribution is -2.03. The van der Waals surface area contributed by atoms with Crippen LogP contribution in [0.1, 0.15) is 18.4 Å². The van der Waals surface area contributed by atoms with Crippen LogP contribution in [-0.4, -0.2) is 18.3 Å². The molecule has 1 atom stereocenters. The predicted octanol–water partition coefficient (Wildman–Crippen LogP) is 3.04. The third kappa shape index (κ3) is 3.32. The molecule has 0 aromatic heterocycles. The topological polar surface area (TPSA) is 29.5 Å². The number of halogens is 3. The van der Waals surface area contributed by atoms with Crippen molar-refractivity contribution in [2.45, 2.75) is 19.5 Å². The number of hydrogen-bond acceptors (Lipinski definition) is 2. The van der Waals surface area contributed by atoms with E-state index in [4.69, 9.17) is 16.7 Å². The van der Waals surface area contributed by atoms with E-state index in [-0.39, 0.29) is 23.3 Å². The largest absolute Gasteiger partial charge is 0.433 e. The van der Waals surface area contributed by atoms with E-state index >= 15 is 0 Å². The van der Waals surface area contributed by atoms with Crippen LogP contribution in [0.15, 0.2) is 18.2 Å². The van der Waals surface area contributed by atoms with Crippen LogP contribution in [-0.2, 0) is 0 Å². The van der Waals surface area contributed by atoms with Gasteiger partial charge in [-0.1, -0.05) is 24.6 Å². The van der Waals surface area contributed by atoms with E-state index in [0.717, 1.165) is 5.56 Å².